The van der Waals surface area contributed by atoms with Gasteiger partial charge < -0.3 is 15.1 Å². The molecule has 0 aliphatic carbocycles. The lowest BCUT2D eigenvalue weighted by atomic mass is 10.1. The summed E-state index contributed by atoms with van der Waals surface area (Å²) >= 11 is 5.84. The van der Waals surface area contributed by atoms with Crippen molar-refractivity contribution >= 4 is 40.7 Å². The average molecular weight is 480 g/mol. The molecule has 6 nitrogen and oxygen atoms in total. The van der Waals surface area contributed by atoms with E-state index in [-0.39, 0.29) is 35.7 Å². The molecule has 1 aliphatic heterocycles. The van der Waals surface area contributed by atoms with Gasteiger partial charge in [-0.2, -0.15) is 0 Å². The van der Waals surface area contributed by atoms with Gasteiger partial charge in [0, 0.05) is 32.2 Å². The number of anilines is 2. The second kappa shape index (κ2) is 10.1. The van der Waals surface area contributed by atoms with E-state index in [4.69, 9.17) is 11.6 Å². The van der Waals surface area contributed by atoms with Gasteiger partial charge in [0.15, 0.2) is 0 Å². The number of rotatable bonds is 6. The maximum Gasteiger partial charge on any atom is 0.256 e. The van der Waals surface area contributed by atoms with Gasteiger partial charge in [-0.15, -0.1) is 0 Å². The highest BCUT2D eigenvalue weighted by atomic mass is 35.5. The maximum atomic E-state index is 13.5. The van der Waals surface area contributed by atoms with Gasteiger partial charge in [0.1, 0.15) is 5.82 Å². The van der Waals surface area contributed by atoms with Gasteiger partial charge in [-0.25, -0.2) is 4.39 Å². The highest BCUT2D eigenvalue weighted by Crippen LogP contribution is 2.29. The zero-order chi connectivity index (χ0) is 24.2. The molecule has 0 bridgehead atoms. The monoisotopic (exact) mass is 479 g/mol. The molecular formula is C26H23ClFN3O3. The molecule has 1 N–H and O–H groups in total. The first kappa shape index (κ1) is 23.4. The average Bonchev–Trinajstić information content (AvgIpc) is 3.23. The number of carbonyl (C=O) groups is 3. The Hall–Kier alpha value is -3.71. The van der Waals surface area contributed by atoms with Crippen molar-refractivity contribution in [1.29, 1.82) is 0 Å². The van der Waals surface area contributed by atoms with Crippen LogP contribution >= 0.6 is 11.6 Å². The van der Waals surface area contributed by atoms with Crippen LogP contribution in [0, 0.1) is 11.7 Å². The molecule has 4 rings (SSSR count). The lowest BCUT2D eigenvalue weighted by Gasteiger charge is -2.20. The minimum absolute atomic E-state index is 0.00481. The molecule has 0 aromatic heterocycles. The molecule has 1 aliphatic rings. The summed E-state index contributed by atoms with van der Waals surface area (Å²) in [5, 5.41) is 2.72. The van der Waals surface area contributed by atoms with Gasteiger partial charge >= 0.3 is 0 Å². The Bertz CT molecular complexity index is 1230. The summed E-state index contributed by atoms with van der Waals surface area (Å²) in [5.41, 5.74) is 2.17. The molecule has 0 radical (unpaired) electrons. The van der Waals surface area contributed by atoms with E-state index in [1.807, 2.05) is 30.3 Å². The predicted molar refractivity (Wildman–Crippen MR) is 129 cm³/mol. The van der Waals surface area contributed by atoms with E-state index in [1.54, 1.807) is 36.2 Å². The van der Waals surface area contributed by atoms with Crippen LogP contribution in [0.15, 0.2) is 72.8 Å². The summed E-state index contributed by atoms with van der Waals surface area (Å²) in [4.78, 5) is 41.6. The SMILES string of the molecule is CN(Cc1ccccc1)C(=O)c1ccccc1NC(=O)C1CC(=O)N(c2ccc(F)c(Cl)c2)C1. The first-order valence-corrected chi connectivity index (χ1v) is 11.2. The van der Waals surface area contributed by atoms with Gasteiger partial charge in [-0.05, 0) is 35.9 Å². The van der Waals surface area contributed by atoms with E-state index < -0.39 is 11.7 Å². The van der Waals surface area contributed by atoms with Crippen LogP contribution in [0.4, 0.5) is 15.8 Å². The fourth-order valence-corrected chi connectivity index (χ4v) is 4.11. The lowest BCUT2D eigenvalue weighted by Crippen LogP contribution is -2.30. The summed E-state index contributed by atoms with van der Waals surface area (Å²) in [6.45, 7) is 0.560. The van der Waals surface area contributed by atoms with Crippen LogP contribution < -0.4 is 10.2 Å². The Morgan fingerprint density at radius 3 is 2.53 bits per heavy atom. The molecule has 3 amide bonds. The third-order valence-electron chi connectivity index (χ3n) is 5.74. The number of hydrogen-bond acceptors (Lipinski definition) is 3. The topological polar surface area (TPSA) is 69.7 Å². The van der Waals surface area contributed by atoms with Crippen molar-refractivity contribution in [3.63, 3.8) is 0 Å². The molecule has 1 fully saturated rings. The van der Waals surface area contributed by atoms with Crippen LogP contribution in [0.2, 0.25) is 5.02 Å². The van der Waals surface area contributed by atoms with Crippen molar-refractivity contribution in [2.24, 2.45) is 5.92 Å². The number of nitrogens with zero attached hydrogens (tertiary/aromatic N) is 2. The van der Waals surface area contributed by atoms with Crippen LogP contribution in [-0.2, 0) is 16.1 Å². The molecule has 3 aromatic carbocycles. The normalized spacial score (nSPS) is 15.3. The summed E-state index contributed by atoms with van der Waals surface area (Å²) in [7, 11) is 1.70. The quantitative estimate of drug-likeness (QED) is 0.555. The number of para-hydroxylation sites is 1. The molecule has 34 heavy (non-hydrogen) atoms. The van der Waals surface area contributed by atoms with Gasteiger partial charge in [0.25, 0.3) is 5.91 Å². The van der Waals surface area contributed by atoms with Gasteiger partial charge in [-0.1, -0.05) is 54.1 Å². The largest absolute Gasteiger partial charge is 0.337 e. The van der Waals surface area contributed by atoms with Crippen molar-refractivity contribution in [2.45, 2.75) is 13.0 Å². The Morgan fingerprint density at radius 2 is 1.79 bits per heavy atom. The fourth-order valence-electron chi connectivity index (χ4n) is 3.93. The molecule has 174 valence electrons. The van der Waals surface area contributed by atoms with Crippen molar-refractivity contribution < 1.29 is 18.8 Å². The smallest absolute Gasteiger partial charge is 0.256 e. The molecule has 1 atom stereocenters. The molecule has 0 spiro atoms. The molecule has 3 aromatic rings. The molecule has 1 saturated heterocycles. The number of amides is 3. The van der Waals surface area contributed by atoms with Crippen molar-refractivity contribution in [2.75, 3.05) is 23.8 Å². The highest BCUT2D eigenvalue weighted by Gasteiger charge is 2.35. The molecule has 1 unspecified atom stereocenters. The Balaban J connectivity index is 1.46. The van der Waals surface area contributed by atoms with Crippen LogP contribution in [-0.4, -0.2) is 36.2 Å². The van der Waals surface area contributed by atoms with Crippen LogP contribution in [0.25, 0.3) is 0 Å². The Morgan fingerprint density at radius 1 is 1.09 bits per heavy atom. The second-order valence-electron chi connectivity index (χ2n) is 8.19. The second-order valence-corrected chi connectivity index (χ2v) is 8.59. The van der Waals surface area contributed by atoms with Crippen LogP contribution in [0.5, 0.6) is 0 Å². The van der Waals surface area contributed by atoms with Crippen molar-refractivity contribution in [3.8, 4) is 0 Å². The van der Waals surface area contributed by atoms with Gasteiger partial charge in [-0.3, -0.25) is 14.4 Å². The molecule has 8 heteroatoms. The molecule has 0 saturated carbocycles. The van der Waals surface area contributed by atoms with Crippen LogP contribution in [0.3, 0.4) is 0 Å². The zero-order valence-electron chi connectivity index (χ0n) is 18.5. The summed E-state index contributed by atoms with van der Waals surface area (Å²) in [6, 6.07) is 20.4. The van der Waals surface area contributed by atoms with E-state index >= 15 is 0 Å². The number of carbonyl (C=O) groups excluding carboxylic acids is 3. The number of hydrogen-bond donors (Lipinski definition) is 1. The highest BCUT2D eigenvalue weighted by molar-refractivity contribution is 6.31. The standard InChI is InChI=1S/C26H23ClFN3O3/c1-30(15-17-7-3-2-4-8-17)26(34)20-9-5-6-10-23(20)29-25(33)18-13-24(32)31(16-18)19-11-12-22(28)21(27)14-19/h2-12,14,18H,13,15-16H2,1H3,(H,29,33). The van der Waals surface area contributed by atoms with Crippen LogP contribution in [0.1, 0.15) is 22.3 Å². The van der Waals surface area contributed by atoms with Gasteiger partial charge in [0.05, 0.1) is 22.2 Å². The minimum Gasteiger partial charge on any atom is -0.337 e. The molecule has 1 heterocycles. The summed E-state index contributed by atoms with van der Waals surface area (Å²) in [6.07, 6.45) is 0.00481. The summed E-state index contributed by atoms with van der Waals surface area (Å²) in [5.74, 6) is -2.05. The predicted octanol–water partition coefficient (Wildman–Crippen LogP) is 4.74. The maximum absolute atomic E-state index is 13.5. The number of benzene rings is 3. The van der Waals surface area contributed by atoms with E-state index in [9.17, 15) is 18.8 Å². The number of halogens is 2. The lowest BCUT2D eigenvalue weighted by molar-refractivity contribution is -0.122. The Labute approximate surface area is 201 Å². The molecular weight excluding hydrogens is 457 g/mol. The van der Waals surface area contributed by atoms with Gasteiger partial charge in [0.2, 0.25) is 11.8 Å². The minimum atomic E-state index is -0.624. The zero-order valence-corrected chi connectivity index (χ0v) is 19.3. The third-order valence-corrected chi connectivity index (χ3v) is 6.02. The van der Waals surface area contributed by atoms with E-state index in [0.717, 1.165) is 5.56 Å². The first-order valence-electron chi connectivity index (χ1n) is 10.8. The van der Waals surface area contributed by atoms with E-state index in [0.29, 0.717) is 23.5 Å². The first-order chi connectivity index (χ1) is 16.3. The number of nitrogens with one attached hydrogen (secondary N) is 1. The Kier molecular flexibility index (Phi) is 6.93. The summed E-state index contributed by atoms with van der Waals surface area (Å²) < 4.78 is 13.5. The van der Waals surface area contributed by atoms with E-state index in [1.165, 1.54) is 23.1 Å². The van der Waals surface area contributed by atoms with Crippen molar-refractivity contribution in [3.05, 3.63) is 94.8 Å². The van der Waals surface area contributed by atoms with E-state index in [2.05, 4.69) is 5.32 Å². The third kappa shape index (κ3) is 5.10. The van der Waals surface area contributed by atoms with Crippen molar-refractivity contribution in [1.82, 2.24) is 4.90 Å². The fraction of sp³-hybridized carbons (Fsp3) is 0.192.